The maximum atomic E-state index is 12.6. The number of aryl methyl sites for hydroxylation is 1. The van der Waals surface area contributed by atoms with E-state index in [1.54, 1.807) is 0 Å². The van der Waals surface area contributed by atoms with Crippen molar-refractivity contribution in [3.8, 4) is 23.2 Å². The molecule has 24 heavy (non-hydrogen) atoms. The average molecular weight is 327 g/mol. The Morgan fingerprint density at radius 2 is 1.58 bits per heavy atom. The Morgan fingerprint density at radius 3 is 2.21 bits per heavy atom. The molecule has 0 bridgehead atoms. The van der Waals surface area contributed by atoms with Gasteiger partial charge in [0.25, 0.3) is 5.89 Å². The molecule has 3 rings (SSSR count). The summed E-state index contributed by atoms with van der Waals surface area (Å²) in [6.45, 7) is 1.99. The van der Waals surface area contributed by atoms with Crippen LogP contribution in [0.4, 0.5) is 13.2 Å². The molecule has 0 aliphatic rings. The van der Waals surface area contributed by atoms with E-state index in [1.165, 1.54) is 18.3 Å². The molecule has 0 saturated carbocycles. The molecule has 0 saturated heterocycles. The summed E-state index contributed by atoms with van der Waals surface area (Å²) in [5.41, 5.74) is 1.78. The van der Waals surface area contributed by atoms with E-state index in [1.807, 2.05) is 31.2 Å². The topological polar surface area (TPSA) is 26.0 Å². The molecule has 0 atom stereocenters. The van der Waals surface area contributed by atoms with Crippen LogP contribution in [0.2, 0.25) is 0 Å². The highest BCUT2D eigenvalue weighted by Gasteiger charge is 2.30. The summed E-state index contributed by atoms with van der Waals surface area (Å²) in [5.74, 6) is 6.31. The number of nitrogens with zero attached hydrogens (tertiary/aromatic N) is 1. The summed E-state index contributed by atoms with van der Waals surface area (Å²) >= 11 is 0. The van der Waals surface area contributed by atoms with Gasteiger partial charge in [0, 0.05) is 11.1 Å². The summed E-state index contributed by atoms with van der Waals surface area (Å²) in [7, 11) is 0. The van der Waals surface area contributed by atoms with Gasteiger partial charge < -0.3 is 4.42 Å². The molecule has 0 spiro atoms. The van der Waals surface area contributed by atoms with Crippen LogP contribution < -0.4 is 0 Å². The molecular weight excluding hydrogens is 315 g/mol. The van der Waals surface area contributed by atoms with Crippen LogP contribution >= 0.6 is 0 Å². The highest BCUT2D eigenvalue weighted by Crippen LogP contribution is 2.31. The summed E-state index contributed by atoms with van der Waals surface area (Å²) < 4.78 is 43.2. The van der Waals surface area contributed by atoms with Crippen molar-refractivity contribution in [2.24, 2.45) is 0 Å². The van der Waals surface area contributed by atoms with E-state index in [2.05, 4.69) is 16.8 Å². The zero-order valence-electron chi connectivity index (χ0n) is 12.7. The molecule has 1 aromatic heterocycles. The highest BCUT2D eigenvalue weighted by molar-refractivity contribution is 5.57. The Kier molecular flexibility index (Phi) is 4.13. The van der Waals surface area contributed by atoms with Gasteiger partial charge in [-0.05, 0) is 37.1 Å². The maximum absolute atomic E-state index is 12.6. The molecule has 5 heteroatoms. The Hall–Kier alpha value is -3.00. The number of rotatable bonds is 1. The number of halogens is 3. The predicted molar refractivity (Wildman–Crippen MR) is 84.1 cm³/mol. The molecule has 2 aromatic carbocycles. The third-order valence-electron chi connectivity index (χ3n) is 3.37. The van der Waals surface area contributed by atoms with E-state index in [0.29, 0.717) is 11.3 Å². The normalized spacial score (nSPS) is 11.0. The van der Waals surface area contributed by atoms with Crippen LogP contribution in [0, 0.1) is 18.8 Å². The summed E-state index contributed by atoms with van der Waals surface area (Å²) in [4.78, 5) is 4.03. The second-order valence-corrected chi connectivity index (χ2v) is 5.22. The fourth-order valence-corrected chi connectivity index (χ4v) is 2.05. The van der Waals surface area contributed by atoms with Crippen LogP contribution in [0.1, 0.15) is 22.6 Å². The van der Waals surface area contributed by atoms with Gasteiger partial charge in [-0.1, -0.05) is 35.7 Å². The van der Waals surface area contributed by atoms with Crippen molar-refractivity contribution in [1.82, 2.24) is 4.98 Å². The molecule has 0 aliphatic carbocycles. The molecule has 0 unspecified atom stereocenters. The SMILES string of the molecule is Cc1ccc(C#Cc2ncc(-c3ccc(C(F)(F)F)cc3)o2)cc1. The lowest BCUT2D eigenvalue weighted by molar-refractivity contribution is -0.137. The molecular formula is C19H12F3NO. The lowest BCUT2D eigenvalue weighted by Gasteiger charge is -2.06. The molecule has 120 valence electrons. The van der Waals surface area contributed by atoms with Gasteiger partial charge >= 0.3 is 6.18 Å². The third-order valence-corrected chi connectivity index (χ3v) is 3.37. The van der Waals surface area contributed by atoms with Crippen LogP contribution in [0.3, 0.4) is 0 Å². The third kappa shape index (κ3) is 3.66. The van der Waals surface area contributed by atoms with E-state index in [9.17, 15) is 13.2 Å². The smallest absolute Gasteiger partial charge is 0.416 e. The zero-order valence-corrected chi connectivity index (χ0v) is 12.7. The quantitative estimate of drug-likeness (QED) is 0.583. The first-order chi connectivity index (χ1) is 11.4. The molecule has 3 aromatic rings. The van der Waals surface area contributed by atoms with Crippen molar-refractivity contribution in [3.05, 3.63) is 77.3 Å². The highest BCUT2D eigenvalue weighted by atomic mass is 19.4. The molecule has 1 heterocycles. The van der Waals surface area contributed by atoms with Gasteiger partial charge in [-0.3, -0.25) is 0 Å². The molecule has 0 radical (unpaired) electrons. The number of aromatic nitrogens is 1. The van der Waals surface area contributed by atoms with Crippen LogP contribution in [0.5, 0.6) is 0 Å². The van der Waals surface area contributed by atoms with E-state index >= 15 is 0 Å². The van der Waals surface area contributed by atoms with E-state index in [0.717, 1.165) is 23.3 Å². The Labute approximate surface area is 137 Å². The summed E-state index contributed by atoms with van der Waals surface area (Å²) in [5, 5.41) is 0. The largest absolute Gasteiger partial charge is 0.430 e. The van der Waals surface area contributed by atoms with Crippen molar-refractivity contribution in [2.45, 2.75) is 13.1 Å². The zero-order chi connectivity index (χ0) is 17.2. The second kappa shape index (κ2) is 6.25. The van der Waals surface area contributed by atoms with Crippen molar-refractivity contribution in [3.63, 3.8) is 0 Å². The van der Waals surface area contributed by atoms with Gasteiger partial charge in [0.1, 0.15) is 0 Å². The fourth-order valence-electron chi connectivity index (χ4n) is 2.05. The van der Waals surface area contributed by atoms with Crippen molar-refractivity contribution < 1.29 is 17.6 Å². The molecule has 0 N–H and O–H groups in total. The number of alkyl halides is 3. The van der Waals surface area contributed by atoms with Crippen LogP contribution in [0.25, 0.3) is 11.3 Å². The van der Waals surface area contributed by atoms with Crippen molar-refractivity contribution in [2.75, 3.05) is 0 Å². The molecule has 0 aliphatic heterocycles. The Morgan fingerprint density at radius 1 is 0.917 bits per heavy atom. The Bertz CT molecular complexity index is 895. The van der Waals surface area contributed by atoms with Crippen LogP contribution in [0.15, 0.2) is 59.1 Å². The summed E-state index contributed by atoms with van der Waals surface area (Å²) in [6, 6.07) is 12.4. The lowest BCUT2D eigenvalue weighted by atomic mass is 10.1. The monoisotopic (exact) mass is 327 g/mol. The van der Waals surface area contributed by atoms with Crippen molar-refractivity contribution in [1.29, 1.82) is 0 Å². The van der Waals surface area contributed by atoms with Crippen molar-refractivity contribution >= 4 is 0 Å². The van der Waals surface area contributed by atoms with Gasteiger partial charge in [-0.25, -0.2) is 4.98 Å². The lowest BCUT2D eigenvalue weighted by Crippen LogP contribution is -2.03. The fraction of sp³-hybridized carbons (Fsp3) is 0.105. The number of hydrogen-bond donors (Lipinski definition) is 0. The predicted octanol–water partition coefficient (Wildman–Crippen LogP) is 5.07. The van der Waals surface area contributed by atoms with Crippen LogP contribution in [-0.4, -0.2) is 4.98 Å². The van der Waals surface area contributed by atoms with Gasteiger partial charge in [-0.15, -0.1) is 0 Å². The first-order valence-corrected chi connectivity index (χ1v) is 7.14. The Balaban J connectivity index is 1.80. The minimum atomic E-state index is -4.36. The maximum Gasteiger partial charge on any atom is 0.416 e. The molecule has 0 amide bonds. The first kappa shape index (κ1) is 15.9. The first-order valence-electron chi connectivity index (χ1n) is 7.14. The summed E-state index contributed by atoms with van der Waals surface area (Å²) in [6.07, 6.45) is -2.91. The van der Waals surface area contributed by atoms with E-state index in [4.69, 9.17) is 4.42 Å². The van der Waals surface area contributed by atoms with Gasteiger partial charge in [0.05, 0.1) is 11.8 Å². The van der Waals surface area contributed by atoms with Gasteiger partial charge in [0.2, 0.25) is 0 Å². The number of oxazole rings is 1. The van der Waals surface area contributed by atoms with Gasteiger partial charge in [0.15, 0.2) is 5.76 Å². The minimum absolute atomic E-state index is 0.213. The molecule has 0 fully saturated rings. The van der Waals surface area contributed by atoms with Crippen LogP contribution in [-0.2, 0) is 6.18 Å². The van der Waals surface area contributed by atoms with Gasteiger partial charge in [-0.2, -0.15) is 13.2 Å². The number of benzene rings is 2. The standard InChI is InChI=1S/C19H12F3NO/c1-13-2-4-14(5-3-13)6-11-18-23-12-17(24-18)15-7-9-16(10-8-15)19(20,21)22/h2-5,7-10,12H,1H3. The molecule has 2 nitrogen and oxygen atoms in total. The second-order valence-electron chi connectivity index (χ2n) is 5.22. The van der Waals surface area contributed by atoms with E-state index in [-0.39, 0.29) is 5.89 Å². The van der Waals surface area contributed by atoms with E-state index < -0.39 is 11.7 Å². The minimum Gasteiger partial charge on any atom is -0.430 e. The average Bonchev–Trinajstić information content (AvgIpc) is 3.03. The number of hydrogen-bond acceptors (Lipinski definition) is 2.